The van der Waals surface area contributed by atoms with E-state index in [9.17, 15) is 0 Å². The lowest BCUT2D eigenvalue weighted by Crippen LogP contribution is -2.15. The van der Waals surface area contributed by atoms with Crippen molar-refractivity contribution in [1.29, 1.82) is 0 Å². The number of aryl methyl sites for hydroxylation is 2. The van der Waals surface area contributed by atoms with E-state index in [4.69, 9.17) is 4.74 Å². The molecule has 108 valence electrons. The van der Waals surface area contributed by atoms with Gasteiger partial charge in [-0.3, -0.25) is 0 Å². The molecule has 2 aromatic heterocycles. The lowest BCUT2D eigenvalue weighted by atomic mass is 10.3. The Bertz CT molecular complexity index is 580. The molecule has 1 N–H and O–H groups in total. The van der Waals surface area contributed by atoms with Gasteiger partial charge in [-0.2, -0.15) is 4.98 Å². The number of aromatic nitrogens is 5. The van der Waals surface area contributed by atoms with E-state index in [1.54, 1.807) is 6.33 Å². The Kier molecular flexibility index (Phi) is 4.16. The van der Waals surface area contributed by atoms with E-state index in [1.807, 2.05) is 45.4 Å². The molecule has 0 bridgehead atoms. The fourth-order valence-corrected chi connectivity index (χ4v) is 1.85. The normalized spacial score (nSPS) is 12.5. The predicted molar refractivity (Wildman–Crippen MR) is 75.6 cm³/mol. The van der Waals surface area contributed by atoms with Gasteiger partial charge in [0.1, 0.15) is 6.33 Å². The van der Waals surface area contributed by atoms with Crippen LogP contribution in [0.2, 0.25) is 0 Å². The molecule has 20 heavy (non-hydrogen) atoms. The SMILES string of the molecule is Cc1cc(OC(C)C)nc(NC(C)c2nncn2C)n1. The number of anilines is 1. The summed E-state index contributed by atoms with van der Waals surface area (Å²) in [4.78, 5) is 8.71. The number of nitrogens with one attached hydrogen (secondary N) is 1. The molecule has 7 nitrogen and oxygen atoms in total. The Labute approximate surface area is 118 Å². The van der Waals surface area contributed by atoms with E-state index in [0.717, 1.165) is 11.5 Å². The number of nitrogens with zero attached hydrogens (tertiary/aromatic N) is 5. The van der Waals surface area contributed by atoms with Gasteiger partial charge in [-0.25, -0.2) is 4.98 Å². The summed E-state index contributed by atoms with van der Waals surface area (Å²) in [6.07, 6.45) is 1.74. The van der Waals surface area contributed by atoms with Gasteiger partial charge in [-0.05, 0) is 27.7 Å². The van der Waals surface area contributed by atoms with Crippen LogP contribution in [0.1, 0.15) is 38.3 Å². The molecule has 0 saturated carbocycles. The maximum Gasteiger partial charge on any atom is 0.226 e. The average molecular weight is 276 g/mol. The van der Waals surface area contributed by atoms with Crippen LogP contribution in [0.15, 0.2) is 12.4 Å². The molecule has 0 aliphatic rings. The summed E-state index contributed by atoms with van der Waals surface area (Å²) in [6, 6.07) is 1.77. The fourth-order valence-electron chi connectivity index (χ4n) is 1.85. The molecule has 1 atom stereocenters. The molecule has 2 aromatic rings. The quantitative estimate of drug-likeness (QED) is 0.898. The van der Waals surface area contributed by atoms with Crippen LogP contribution in [0.5, 0.6) is 5.88 Å². The minimum Gasteiger partial charge on any atom is -0.475 e. The van der Waals surface area contributed by atoms with Crippen LogP contribution in [0, 0.1) is 6.92 Å². The van der Waals surface area contributed by atoms with E-state index in [1.165, 1.54) is 0 Å². The third kappa shape index (κ3) is 3.43. The maximum atomic E-state index is 5.61. The van der Waals surface area contributed by atoms with Gasteiger partial charge in [-0.15, -0.1) is 10.2 Å². The van der Waals surface area contributed by atoms with E-state index in [2.05, 4.69) is 25.5 Å². The number of hydrogen-bond donors (Lipinski definition) is 1. The zero-order valence-electron chi connectivity index (χ0n) is 12.5. The van der Waals surface area contributed by atoms with Crippen LogP contribution in [-0.2, 0) is 7.05 Å². The Morgan fingerprint density at radius 1 is 1.25 bits per heavy atom. The standard InChI is InChI=1S/C13H20N6O/c1-8(2)20-11-6-9(3)15-13(17-11)16-10(4)12-18-14-7-19(12)5/h6-8,10H,1-5H3,(H,15,16,17). The smallest absolute Gasteiger partial charge is 0.226 e. The Morgan fingerprint density at radius 3 is 2.60 bits per heavy atom. The minimum atomic E-state index is -0.0452. The van der Waals surface area contributed by atoms with E-state index in [-0.39, 0.29) is 12.1 Å². The van der Waals surface area contributed by atoms with Gasteiger partial charge in [0.2, 0.25) is 11.8 Å². The Morgan fingerprint density at radius 2 is 2.00 bits per heavy atom. The molecule has 0 aliphatic heterocycles. The molecular weight excluding hydrogens is 256 g/mol. The van der Waals surface area contributed by atoms with Crippen LogP contribution in [0.25, 0.3) is 0 Å². The minimum absolute atomic E-state index is 0.0452. The molecule has 0 amide bonds. The van der Waals surface area contributed by atoms with Gasteiger partial charge < -0.3 is 14.6 Å². The molecule has 0 spiro atoms. The molecule has 2 rings (SSSR count). The second-order valence-electron chi connectivity index (χ2n) is 5.00. The van der Waals surface area contributed by atoms with Crippen molar-refractivity contribution in [3.05, 3.63) is 23.9 Å². The van der Waals surface area contributed by atoms with Crippen LogP contribution >= 0.6 is 0 Å². The van der Waals surface area contributed by atoms with Crippen LogP contribution in [0.3, 0.4) is 0 Å². The first-order valence-corrected chi connectivity index (χ1v) is 6.58. The third-order valence-corrected chi connectivity index (χ3v) is 2.67. The monoisotopic (exact) mass is 276 g/mol. The molecule has 0 radical (unpaired) electrons. The largest absolute Gasteiger partial charge is 0.475 e. The Balaban J connectivity index is 2.16. The summed E-state index contributed by atoms with van der Waals surface area (Å²) in [5, 5.41) is 11.1. The average Bonchev–Trinajstić information content (AvgIpc) is 2.73. The van der Waals surface area contributed by atoms with Crippen molar-refractivity contribution in [2.24, 2.45) is 7.05 Å². The summed E-state index contributed by atoms with van der Waals surface area (Å²) in [7, 11) is 1.90. The number of hydrogen-bond acceptors (Lipinski definition) is 6. The van der Waals surface area contributed by atoms with Crippen molar-refractivity contribution < 1.29 is 4.74 Å². The van der Waals surface area contributed by atoms with Gasteiger partial charge in [0, 0.05) is 18.8 Å². The summed E-state index contributed by atoms with van der Waals surface area (Å²) >= 11 is 0. The van der Waals surface area contributed by atoms with E-state index < -0.39 is 0 Å². The number of rotatable bonds is 5. The van der Waals surface area contributed by atoms with Crippen molar-refractivity contribution in [2.75, 3.05) is 5.32 Å². The van der Waals surface area contributed by atoms with E-state index >= 15 is 0 Å². The predicted octanol–water partition coefficient (Wildman–Crippen LogP) is 1.87. The van der Waals surface area contributed by atoms with Crippen LogP contribution in [-0.4, -0.2) is 30.8 Å². The fraction of sp³-hybridized carbons (Fsp3) is 0.538. The molecule has 1 unspecified atom stereocenters. The van der Waals surface area contributed by atoms with Gasteiger partial charge >= 0.3 is 0 Å². The highest BCUT2D eigenvalue weighted by atomic mass is 16.5. The molecule has 0 aromatic carbocycles. The van der Waals surface area contributed by atoms with Gasteiger partial charge in [-0.1, -0.05) is 0 Å². The molecule has 7 heteroatoms. The summed E-state index contributed by atoms with van der Waals surface area (Å²) < 4.78 is 7.47. The van der Waals surface area contributed by atoms with Crippen molar-refractivity contribution in [3.63, 3.8) is 0 Å². The number of ether oxygens (including phenoxy) is 1. The van der Waals surface area contributed by atoms with Gasteiger partial charge in [0.15, 0.2) is 5.82 Å². The summed E-state index contributed by atoms with van der Waals surface area (Å²) in [6.45, 7) is 7.82. The van der Waals surface area contributed by atoms with Crippen molar-refractivity contribution in [1.82, 2.24) is 24.7 Å². The topological polar surface area (TPSA) is 77.8 Å². The maximum absolute atomic E-state index is 5.61. The van der Waals surface area contributed by atoms with Gasteiger partial charge in [0.25, 0.3) is 0 Å². The van der Waals surface area contributed by atoms with Crippen LogP contribution < -0.4 is 10.1 Å². The first kappa shape index (κ1) is 14.2. The summed E-state index contributed by atoms with van der Waals surface area (Å²) in [5.74, 6) is 1.91. The molecule has 0 saturated heterocycles. The highest BCUT2D eigenvalue weighted by molar-refractivity contribution is 5.32. The lowest BCUT2D eigenvalue weighted by molar-refractivity contribution is 0.232. The zero-order chi connectivity index (χ0) is 14.7. The van der Waals surface area contributed by atoms with Crippen molar-refractivity contribution in [3.8, 4) is 5.88 Å². The lowest BCUT2D eigenvalue weighted by Gasteiger charge is -2.15. The van der Waals surface area contributed by atoms with Crippen molar-refractivity contribution in [2.45, 2.75) is 39.8 Å². The molecule has 2 heterocycles. The van der Waals surface area contributed by atoms with E-state index in [0.29, 0.717) is 11.8 Å². The molecule has 0 fully saturated rings. The highest BCUT2D eigenvalue weighted by Gasteiger charge is 2.13. The second-order valence-corrected chi connectivity index (χ2v) is 5.00. The summed E-state index contributed by atoms with van der Waals surface area (Å²) in [5.41, 5.74) is 0.850. The second kappa shape index (κ2) is 5.85. The first-order chi connectivity index (χ1) is 9.45. The van der Waals surface area contributed by atoms with Crippen molar-refractivity contribution >= 4 is 5.95 Å². The third-order valence-electron chi connectivity index (χ3n) is 2.67. The van der Waals surface area contributed by atoms with Crippen LogP contribution in [0.4, 0.5) is 5.95 Å². The Hall–Kier alpha value is -2.18. The molecular formula is C13H20N6O. The van der Waals surface area contributed by atoms with Gasteiger partial charge in [0.05, 0.1) is 12.1 Å². The highest BCUT2D eigenvalue weighted by Crippen LogP contribution is 2.18. The molecule has 0 aliphatic carbocycles. The zero-order valence-corrected chi connectivity index (χ0v) is 12.5. The first-order valence-electron chi connectivity index (χ1n) is 6.58.